The predicted molar refractivity (Wildman–Crippen MR) is 94.2 cm³/mol. The average molecular weight is 398 g/mol. The van der Waals surface area contributed by atoms with Gasteiger partial charge in [0.2, 0.25) is 5.82 Å². The SMILES string of the molecule is CN(C)Cc1csc(CNC(=O)c2cncc3nc(C(F)(F)F)n(C)c23)n1. The van der Waals surface area contributed by atoms with Gasteiger partial charge in [-0.05, 0) is 14.1 Å². The fourth-order valence-corrected chi connectivity index (χ4v) is 3.39. The summed E-state index contributed by atoms with van der Waals surface area (Å²) in [4.78, 5) is 26.3. The molecule has 3 aromatic rings. The average Bonchev–Trinajstić information content (AvgIpc) is 3.16. The maximum atomic E-state index is 13.1. The van der Waals surface area contributed by atoms with Crippen LogP contribution in [0.25, 0.3) is 11.0 Å². The van der Waals surface area contributed by atoms with Crippen LogP contribution in [0.15, 0.2) is 17.8 Å². The lowest BCUT2D eigenvalue weighted by molar-refractivity contribution is -0.146. The molecule has 0 radical (unpaired) electrons. The first-order valence-electron chi connectivity index (χ1n) is 7.90. The Morgan fingerprint density at radius 1 is 1.30 bits per heavy atom. The molecule has 3 rings (SSSR count). The molecule has 7 nitrogen and oxygen atoms in total. The highest BCUT2D eigenvalue weighted by atomic mass is 32.1. The molecule has 0 spiro atoms. The van der Waals surface area contributed by atoms with Gasteiger partial charge in [-0.15, -0.1) is 11.3 Å². The number of nitrogens with one attached hydrogen (secondary N) is 1. The van der Waals surface area contributed by atoms with Crippen molar-refractivity contribution in [2.45, 2.75) is 19.3 Å². The minimum atomic E-state index is -4.62. The van der Waals surface area contributed by atoms with Gasteiger partial charge in [0.25, 0.3) is 5.91 Å². The summed E-state index contributed by atoms with van der Waals surface area (Å²) < 4.78 is 40.1. The number of carbonyl (C=O) groups excluding carboxylic acids is 1. The number of halogens is 3. The normalized spacial score (nSPS) is 12.1. The maximum absolute atomic E-state index is 13.1. The summed E-state index contributed by atoms with van der Waals surface area (Å²) in [6, 6.07) is 0. The van der Waals surface area contributed by atoms with Gasteiger partial charge in [-0.1, -0.05) is 0 Å². The van der Waals surface area contributed by atoms with E-state index in [2.05, 4.69) is 20.3 Å². The van der Waals surface area contributed by atoms with Crippen molar-refractivity contribution in [3.8, 4) is 0 Å². The number of fused-ring (bicyclic) bond motifs is 1. The molecule has 3 aromatic heterocycles. The lowest BCUT2D eigenvalue weighted by Crippen LogP contribution is -2.24. The van der Waals surface area contributed by atoms with Crippen LogP contribution < -0.4 is 5.32 Å². The van der Waals surface area contributed by atoms with Crippen LogP contribution in [0.4, 0.5) is 13.2 Å². The lowest BCUT2D eigenvalue weighted by atomic mass is 10.2. The van der Waals surface area contributed by atoms with E-state index in [1.54, 1.807) is 0 Å². The van der Waals surface area contributed by atoms with Crippen LogP contribution in [0.5, 0.6) is 0 Å². The van der Waals surface area contributed by atoms with Crippen LogP contribution >= 0.6 is 11.3 Å². The molecule has 0 aliphatic heterocycles. The molecule has 0 fully saturated rings. The molecular weight excluding hydrogens is 381 g/mol. The van der Waals surface area contributed by atoms with E-state index in [0.29, 0.717) is 11.6 Å². The van der Waals surface area contributed by atoms with Crippen molar-refractivity contribution in [3.05, 3.63) is 39.9 Å². The molecule has 0 saturated heterocycles. The molecule has 0 saturated carbocycles. The molecule has 144 valence electrons. The van der Waals surface area contributed by atoms with Gasteiger partial charge in [0.05, 0.1) is 29.5 Å². The molecule has 0 atom stereocenters. The third-order valence-electron chi connectivity index (χ3n) is 3.75. The van der Waals surface area contributed by atoms with Crippen LogP contribution in [-0.4, -0.2) is 44.4 Å². The molecule has 1 N–H and O–H groups in total. The summed E-state index contributed by atoms with van der Waals surface area (Å²) in [6.07, 6.45) is -2.18. The quantitative estimate of drug-likeness (QED) is 0.715. The first-order valence-corrected chi connectivity index (χ1v) is 8.78. The number of carbonyl (C=O) groups is 1. The summed E-state index contributed by atoms with van der Waals surface area (Å²) >= 11 is 1.41. The standard InChI is InChI=1S/C16H17F3N6OS/c1-24(2)7-9-8-27-12(22-9)6-21-14(26)10-4-20-5-11-13(10)25(3)15(23-11)16(17,18)19/h4-5,8H,6-7H2,1-3H3,(H,21,26). The van der Waals surface area contributed by atoms with Crippen molar-refractivity contribution in [1.29, 1.82) is 0 Å². The number of nitrogens with zero attached hydrogens (tertiary/aromatic N) is 5. The molecular formula is C16H17F3N6OS. The minimum Gasteiger partial charge on any atom is -0.345 e. The highest BCUT2D eigenvalue weighted by Crippen LogP contribution is 2.31. The van der Waals surface area contributed by atoms with Crippen molar-refractivity contribution in [2.75, 3.05) is 14.1 Å². The highest BCUT2D eigenvalue weighted by Gasteiger charge is 2.37. The van der Waals surface area contributed by atoms with Gasteiger partial charge >= 0.3 is 6.18 Å². The molecule has 1 amide bonds. The number of alkyl halides is 3. The van der Waals surface area contributed by atoms with E-state index < -0.39 is 17.9 Å². The fraction of sp³-hybridized carbons (Fsp3) is 0.375. The van der Waals surface area contributed by atoms with Gasteiger partial charge in [0, 0.05) is 25.2 Å². The van der Waals surface area contributed by atoms with Crippen molar-refractivity contribution in [3.63, 3.8) is 0 Å². The van der Waals surface area contributed by atoms with E-state index >= 15 is 0 Å². The van der Waals surface area contributed by atoms with Crippen LogP contribution in [-0.2, 0) is 26.3 Å². The monoisotopic (exact) mass is 398 g/mol. The second-order valence-corrected chi connectivity index (χ2v) is 7.14. The van der Waals surface area contributed by atoms with E-state index in [9.17, 15) is 18.0 Å². The smallest absolute Gasteiger partial charge is 0.345 e. The fourth-order valence-electron chi connectivity index (χ4n) is 2.67. The minimum absolute atomic E-state index is 0.0139. The molecule has 27 heavy (non-hydrogen) atoms. The first kappa shape index (κ1) is 19.2. The maximum Gasteiger partial charge on any atom is 0.449 e. The lowest BCUT2D eigenvalue weighted by Gasteiger charge is -2.08. The van der Waals surface area contributed by atoms with Crippen molar-refractivity contribution in [1.82, 2.24) is 29.7 Å². The Morgan fingerprint density at radius 2 is 2.04 bits per heavy atom. The van der Waals surface area contributed by atoms with Gasteiger partial charge in [0.15, 0.2) is 0 Å². The van der Waals surface area contributed by atoms with Gasteiger partial charge in [-0.2, -0.15) is 13.2 Å². The second kappa shape index (κ2) is 7.24. The third-order valence-corrected chi connectivity index (χ3v) is 4.65. The number of rotatable bonds is 5. The molecule has 3 heterocycles. The van der Waals surface area contributed by atoms with Crippen molar-refractivity contribution >= 4 is 28.3 Å². The number of aromatic nitrogens is 4. The van der Waals surface area contributed by atoms with E-state index in [1.807, 2.05) is 24.4 Å². The van der Waals surface area contributed by atoms with Crippen LogP contribution in [0.3, 0.4) is 0 Å². The number of hydrogen-bond donors (Lipinski definition) is 1. The Morgan fingerprint density at radius 3 is 2.70 bits per heavy atom. The van der Waals surface area contributed by atoms with Crippen LogP contribution in [0.2, 0.25) is 0 Å². The zero-order chi connectivity index (χ0) is 19.8. The van der Waals surface area contributed by atoms with Crippen LogP contribution in [0.1, 0.15) is 26.9 Å². The molecule has 0 aromatic carbocycles. The molecule has 0 aliphatic rings. The summed E-state index contributed by atoms with van der Waals surface area (Å²) in [5.41, 5.74) is 1.02. The number of thiazole rings is 1. The van der Waals surface area contributed by atoms with E-state index in [0.717, 1.165) is 10.3 Å². The topological polar surface area (TPSA) is 75.9 Å². The molecule has 11 heteroatoms. The number of imidazole rings is 1. The van der Waals surface area contributed by atoms with E-state index in [1.165, 1.54) is 30.8 Å². The van der Waals surface area contributed by atoms with Gasteiger partial charge in [-0.25, -0.2) is 9.97 Å². The summed E-state index contributed by atoms with van der Waals surface area (Å²) in [5.74, 6) is -1.61. The molecule has 0 aliphatic carbocycles. The molecule has 0 bridgehead atoms. The van der Waals surface area contributed by atoms with E-state index in [4.69, 9.17) is 0 Å². The van der Waals surface area contributed by atoms with Crippen molar-refractivity contribution < 1.29 is 18.0 Å². The second-order valence-electron chi connectivity index (χ2n) is 6.20. The number of aryl methyl sites for hydroxylation is 1. The Balaban J connectivity index is 1.82. The van der Waals surface area contributed by atoms with E-state index in [-0.39, 0.29) is 23.1 Å². The molecule has 0 unspecified atom stereocenters. The largest absolute Gasteiger partial charge is 0.449 e. The zero-order valence-electron chi connectivity index (χ0n) is 14.8. The summed E-state index contributed by atoms with van der Waals surface area (Å²) in [5, 5.41) is 5.30. The summed E-state index contributed by atoms with van der Waals surface area (Å²) in [7, 11) is 5.08. The van der Waals surface area contributed by atoms with Crippen LogP contribution in [0, 0.1) is 0 Å². The third kappa shape index (κ3) is 4.08. The Kier molecular flexibility index (Phi) is 5.16. The first-order chi connectivity index (χ1) is 12.7. The van der Waals surface area contributed by atoms with Gasteiger partial charge in [0.1, 0.15) is 10.5 Å². The zero-order valence-corrected chi connectivity index (χ0v) is 15.6. The summed E-state index contributed by atoms with van der Waals surface area (Å²) in [6.45, 7) is 0.861. The number of pyridine rings is 1. The highest BCUT2D eigenvalue weighted by molar-refractivity contribution is 7.09. The Hall–Kier alpha value is -2.53. The van der Waals surface area contributed by atoms with Crippen molar-refractivity contribution in [2.24, 2.45) is 7.05 Å². The van der Waals surface area contributed by atoms with Gasteiger partial charge < -0.3 is 14.8 Å². The number of amides is 1. The van der Waals surface area contributed by atoms with Gasteiger partial charge in [-0.3, -0.25) is 9.78 Å². The Bertz CT molecular complexity index is 978. The Labute approximate surface area is 156 Å². The predicted octanol–water partition coefficient (Wildman–Crippen LogP) is 2.44. The number of hydrogen-bond acceptors (Lipinski definition) is 6.